The summed E-state index contributed by atoms with van der Waals surface area (Å²) in [6.45, 7) is 11.8. The molecule has 1 aliphatic heterocycles. The molecule has 1 N–H and O–H groups in total. The number of nitrogens with zero attached hydrogens (tertiary/aromatic N) is 1. The van der Waals surface area contributed by atoms with Gasteiger partial charge in [-0.15, -0.1) is 0 Å². The van der Waals surface area contributed by atoms with E-state index in [4.69, 9.17) is 0 Å². The van der Waals surface area contributed by atoms with E-state index in [-0.39, 0.29) is 0 Å². The van der Waals surface area contributed by atoms with Crippen molar-refractivity contribution in [1.29, 1.82) is 0 Å². The zero-order chi connectivity index (χ0) is 13.5. The van der Waals surface area contributed by atoms with Crippen molar-refractivity contribution in [3.05, 3.63) is 0 Å². The number of nitrogens with one attached hydrogen (secondary N) is 1. The van der Waals surface area contributed by atoms with E-state index in [2.05, 4.69) is 37.9 Å². The zero-order valence-corrected chi connectivity index (χ0v) is 12.5. The zero-order valence-electron chi connectivity index (χ0n) is 12.5. The van der Waals surface area contributed by atoms with E-state index in [0.29, 0.717) is 30.2 Å². The molecule has 0 saturated carbocycles. The molecule has 0 radical (unpaired) electrons. The van der Waals surface area contributed by atoms with Crippen molar-refractivity contribution in [1.82, 2.24) is 10.2 Å². The van der Waals surface area contributed by atoms with Gasteiger partial charge in [0.1, 0.15) is 0 Å². The highest BCUT2D eigenvalue weighted by atomic mass is 16.2. The normalized spacial score (nSPS) is 17.4. The van der Waals surface area contributed by atoms with Gasteiger partial charge in [0.15, 0.2) is 0 Å². The van der Waals surface area contributed by atoms with E-state index in [1.807, 2.05) is 0 Å². The summed E-state index contributed by atoms with van der Waals surface area (Å²) in [5, 5.41) is 3.38. The van der Waals surface area contributed by atoms with Crippen LogP contribution in [-0.4, -0.2) is 36.5 Å². The fourth-order valence-corrected chi connectivity index (χ4v) is 2.50. The van der Waals surface area contributed by atoms with Gasteiger partial charge >= 0.3 is 0 Å². The third-order valence-corrected chi connectivity index (χ3v) is 3.79. The molecule has 1 saturated heterocycles. The molecule has 1 rings (SSSR count). The maximum absolute atomic E-state index is 12.3. The maximum Gasteiger partial charge on any atom is 0.222 e. The summed E-state index contributed by atoms with van der Waals surface area (Å²) in [4.78, 5) is 14.4. The summed E-state index contributed by atoms with van der Waals surface area (Å²) < 4.78 is 0. The minimum absolute atomic E-state index is 0.333. The van der Waals surface area contributed by atoms with Crippen molar-refractivity contribution in [3.8, 4) is 0 Å². The molecule has 18 heavy (non-hydrogen) atoms. The molecule has 0 bridgehead atoms. The van der Waals surface area contributed by atoms with Crippen molar-refractivity contribution in [2.75, 3.05) is 19.6 Å². The Hall–Kier alpha value is -0.570. The van der Waals surface area contributed by atoms with Gasteiger partial charge < -0.3 is 10.2 Å². The number of carbonyl (C=O) groups is 1. The topological polar surface area (TPSA) is 32.3 Å². The van der Waals surface area contributed by atoms with Crippen LogP contribution in [0.3, 0.4) is 0 Å². The van der Waals surface area contributed by atoms with Crippen LogP contribution >= 0.6 is 0 Å². The molecule has 0 aromatic heterocycles. The quantitative estimate of drug-likeness (QED) is 0.790. The predicted octanol–water partition coefficient (Wildman–Crippen LogP) is 2.66. The third kappa shape index (κ3) is 5.38. The number of hydrogen-bond donors (Lipinski definition) is 1. The summed E-state index contributed by atoms with van der Waals surface area (Å²) in [5.74, 6) is 1.65. The van der Waals surface area contributed by atoms with Gasteiger partial charge in [-0.2, -0.15) is 0 Å². The minimum Gasteiger partial charge on any atom is -0.340 e. The van der Waals surface area contributed by atoms with Gasteiger partial charge in [-0.3, -0.25) is 4.79 Å². The first kappa shape index (κ1) is 15.5. The number of rotatable bonds is 6. The van der Waals surface area contributed by atoms with Gasteiger partial charge in [0, 0.05) is 19.0 Å². The van der Waals surface area contributed by atoms with Crippen LogP contribution in [0.2, 0.25) is 0 Å². The smallest absolute Gasteiger partial charge is 0.222 e. The van der Waals surface area contributed by atoms with Crippen LogP contribution < -0.4 is 5.32 Å². The van der Waals surface area contributed by atoms with Gasteiger partial charge in [0.05, 0.1) is 0 Å². The predicted molar refractivity (Wildman–Crippen MR) is 76.5 cm³/mol. The molecule has 1 amide bonds. The Balaban J connectivity index is 2.44. The lowest BCUT2D eigenvalue weighted by Crippen LogP contribution is -2.42. The lowest BCUT2D eigenvalue weighted by molar-refractivity contribution is -0.134. The lowest BCUT2D eigenvalue weighted by Gasteiger charge is -2.33. The number of carbonyl (C=O) groups excluding carboxylic acids is 1. The second-order valence-corrected chi connectivity index (χ2v) is 6.27. The molecule has 1 aliphatic rings. The lowest BCUT2D eigenvalue weighted by atomic mass is 9.96. The highest BCUT2D eigenvalue weighted by Gasteiger charge is 2.22. The molecular formula is C15H30N2O. The van der Waals surface area contributed by atoms with Crippen molar-refractivity contribution >= 4 is 5.91 Å². The summed E-state index contributed by atoms with van der Waals surface area (Å²) in [6.07, 6.45) is 4.14. The maximum atomic E-state index is 12.3. The Bertz CT molecular complexity index is 245. The van der Waals surface area contributed by atoms with Crippen LogP contribution in [0.4, 0.5) is 0 Å². The second kappa shape index (κ2) is 7.78. The average molecular weight is 254 g/mol. The largest absolute Gasteiger partial charge is 0.340 e. The molecule has 3 nitrogen and oxygen atoms in total. The van der Waals surface area contributed by atoms with E-state index in [1.165, 1.54) is 12.8 Å². The standard InChI is InChI=1S/C15H30N2O/c1-12(2)5-6-15(18)17(13(3)4)11-14-7-9-16-10-8-14/h12-14,16H,5-11H2,1-4H3. The molecule has 0 atom stereocenters. The van der Waals surface area contributed by atoms with Crippen molar-refractivity contribution in [3.63, 3.8) is 0 Å². The number of piperidine rings is 1. The summed E-state index contributed by atoms with van der Waals surface area (Å²) in [7, 11) is 0. The highest BCUT2D eigenvalue weighted by Crippen LogP contribution is 2.17. The Morgan fingerprint density at radius 1 is 1.22 bits per heavy atom. The Morgan fingerprint density at radius 3 is 2.33 bits per heavy atom. The Labute approximate surface area is 112 Å². The first-order valence-electron chi connectivity index (χ1n) is 7.51. The molecule has 0 spiro atoms. The van der Waals surface area contributed by atoms with E-state index in [0.717, 1.165) is 26.1 Å². The van der Waals surface area contributed by atoms with Crippen LogP contribution in [0.25, 0.3) is 0 Å². The SMILES string of the molecule is CC(C)CCC(=O)N(CC1CCNCC1)C(C)C. The highest BCUT2D eigenvalue weighted by molar-refractivity contribution is 5.76. The first-order valence-corrected chi connectivity index (χ1v) is 7.51. The molecule has 0 aromatic rings. The fraction of sp³-hybridized carbons (Fsp3) is 0.933. The molecule has 1 fully saturated rings. The Morgan fingerprint density at radius 2 is 1.83 bits per heavy atom. The second-order valence-electron chi connectivity index (χ2n) is 6.27. The average Bonchev–Trinajstić information content (AvgIpc) is 2.34. The van der Waals surface area contributed by atoms with E-state index in [1.54, 1.807) is 0 Å². The monoisotopic (exact) mass is 254 g/mol. The fourth-order valence-electron chi connectivity index (χ4n) is 2.50. The molecule has 106 valence electrons. The summed E-state index contributed by atoms with van der Waals surface area (Å²) in [6, 6.07) is 0.333. The molecule has 0 aliphatic carbocycles. The number of hydrogen-bond acceptors (Lipinski definition) is 2. The van der Waals surface area contributed by atoms with E-state index >= 15 is 0 Å². The van der Waals surface area contributed by atoms with Crippen LogP contribution in [0.1, 0.15) is 53.4 Å². The van der Waals surface area contributed by atoms with Crippen molar-refractivity contribution in [2.24, 2.45) is 11.8 Å². The van der Waals surface area contributed by atoms with Gasteiger partial charge in [0.2, 0.25) is 5.91 Å². The molecule has 1 heterocycles. The summed E-state index contributed by atoms with van der Waals surface area (Å²) in [5.41, 5.74) is 0. The molecule has 0 aromatic carbocycles. The minimum atomic E-state index is 0.333. The first-order chi connectivity index (χ1) is 8.50. The van der Waals surface area contributed by atoms with Crippen LogP contribution in [0.15, 0.2) is 0 Å². The van der Waals surface area contributed by atoms with Crippen LogP contribution in [0, 0.1) is 11.8 Å². The number of amides is 1. The molecule has 3 heteroatoms. The van der Waals surface area contributed by atoms with E-state index < -0.39 is 0 Å². The molecule has 0 unspecified atom stereocenters. The van der Waals surface area contributed by atoms with Gasteiger partial charge in [-0.25, -0.2) is 0 Å². The van der Waals surface area contributed by atoms with Crippen molar-refractivity contribution in [2.45, 2.75) is 59.4 Å². The van der Waals surface area contributed by atoms with Crippen LogP contribution in [0.5, 0.6) is 0 Å². The van der Waals surface area contributed by atoms with Crippen LogP contribution in [-0.2, 0) is 4.79 Å². The van der Waals surface area contributed by atoms with Gasteiger partial charge in [-0.05, 0) is 58.0 Å². The summed E-state index contributed by atoms with van der Waals surface area (Å²) >= 11 is 0. The van der Waals surface area contributed by atoms with E-state index in [9.17, 15) is 4.79 Å². The van der Waals surface area contributed by atoms with Crippen molar-refractivity contribution < 1.29 is 4.79 Å². The van der Waals surface area contributed by atoms with Gasteiger partial charge in [0.25, 0.3) is 0 Å². The third-order valence-electron chi connectivity index (χ3n) is 3.79. The Kier molecular flexibility index (Phi) is 6.69. The molecular weight excluding hydrogens is 224 g/mol. The van der Waals surface area contributed by atoms with Gasteiger partial charge in [-0.1, -0.05) is 13.8 Å².